The number of carbonyl (C=O) groups excluding carboxylic acids is 2. The fraction of sp³-hybridized carbons (Fsp3) is 0. The van der Waals surface area contributed by atoms with E-state index in [0.29, 0.717) is 10.8 Å². The lowest BCUT2D eigenvalue weighted by Gasteiger charge is -2.09. The molecule has 0 spiro atoms. The zero-order valence-corrected chi connectivity index (χ0v) is 8.10. The minimum atomic E-state index is -1.34. The monoisotopic (exact) mass is 214 g/mol. The number of carboxylic acids is 2. The Morgan fingerprint density at radius 3 is 2.31 bits per heavy atom. The number of fused-ring (bicyclic) bond motifs is 1. The van der Waals surface area contributed by atoms with Gasteiger partial charge in [0.1, 0.15) is 0 Å². The van der Waals surface area contributed by atoms with Crippen molar-refractivity contribution in [1.82, 2.24) is 0 Å². The minimum Gasteiger partial charge on any atom is -0.545 e. The summed E-state index contributed by atoms with van der Waals surface area (Å²) in [5.41, 5.74) is -0.0817. The Bertz CT molecular complexity index is 587. The molecule has 0 heterocycles. The van der Waals surface area contributed by atoms with Crippen LogP contribution >= 0.6 is 0 Å². The second kappa shape index (κ2) is 3.66. The molecule has 0 amide bonds. The van der Waals surface area contributed by atoms with Crippen LogP contribution in [0, 0.1) is 0 Å². The Balaban J connectivity index is 2.78. The molecule has 0 aliphatic carbocycles. The second-order valence-electron chi connectivity index (χ2n) is 3.32. The number of carboxylic acid groups (broad SMARTS) is 2. The van der Waals surface area contributed by atoms with Gasteiger partial charge in [0.25, 0.3) is 0 Å². The van der Waals surface area contributed by atoms with E-state index in [0.717, 1.165) is 0 Å². The summed E-state index contributed by atoms with van der Waals surface area (Å²) in [6, 6.07) is 8.82. The van der Waals surface area contributed by atoms with Gasteiger partial charge >= 0.3 is 0 Å². The lowest BCUT2D eigenvalue weighted by atomic mass is 10.0. The van der Waals surface area contributed by atoms with Gasteiger partial charge in [-0.1, -0.05) is 30.3 Å². The maximum Gasteiger partial charge on any atom is 0.0721 e. The summed E-state index contributed by atoms with van der Waals surface area (Å²) in [6.07, 6.45) is 0. The molecule has 0 saturated carbocycles. The maximum atomic E-state index is 10.8. The fourth-order valence-electron chi connectivity index (χ4n) is 1.58. The first-order valence-electron chi connectivity index (χ1n) is 4.55. The van der Waals surface area contributed by atoms with Gasteiger partial charge in [0.05, 0.1) is 11.9 Å². The van der Waals surface area contributed by atoms with Crippen molar-refractivity contribution in [3.63, 3.8) is 0 Å². The molecule has 0 unspecified atom stereocenters. The smallest absolute Gasteiger partial charge is 0.0721 e. The summed E-state index contributed by atoms with van der Waals surface area (Å²) < 4.78 is 0. The zero-order chi connectivity index (χ0) is 11.7. The molecule has 0 saturated heterocycles. The summed E-state index contributed by atoms with van der Waals surface area (Å²) in [4.78, 5) is 21.5. The van der Waals surface area contributed by atoms with Gasteiger partial charge < -0.3 is 19.8 Å². The van der Waals surface area contributed by atoms with E-state index in [1.807, 2.05) is 0 Å². The van der Waals surface area contributed by atoms with Gasteiger partial charge in [-0.25, -0.2) is 0 Å². The summed E-state index contributed by atoms with van der Waals surface area (Å²) >= 11 is 0. The lowest BCUT2D eigenvalue weighted by Crippen LogP contribution is -2.23. The molecule has 0 N–H and O–H groups in total. The van der Waals surface area contributed by atoms with Gasteiger partial charge in [0, 0.05) is 5.56 Å². The van der Waals surface area contributed by atoms with Crippen LogP contribution in [0.2, 0.25) is 0 Å². The fourth-order valence-corrected chi connectivity index (χ4v) is 1.58. The molecule has 4 heteroatoms. The number of aromatic carboxylic acids is 2. The van der Waals surface area contributed by atoms with E-state index in [1.54, 1.807) is 12.1 Å². The first-order valence-corrected chi connectivity index (χ1v) is 4.55. The first kappa shape index (κ1) is 10.2. The van der Waals surface area contributed by atoms with Gasteiger partial charge in [0.15, 0.2) is 0 Å². The number of carbonyl (C=O) groups is 2. The van der Waals surface area contributed by atoms with Crippen LogP contribution in [0.4, 0.5) is 0 Å². The SMILES string of the molecule is O=C([O-])c1ccc2cccc(C(=O)[O-])c2c1. The molecule has 2 aromatic carbocycles. The van der Waals surface area contributed by atoms with Crippen LogP contribution in [-0.4, -0.2) is 11.9 Å². The third-order valence-electron chi connectivity index (χ3n) is 2.34. The van der Waals surface area contributed by atoms with Crippen LogP contribution in [0.15, 0.2) is 36.4 Å². The Kier molecular flexibility index (Phi) is 2.32. The predicted octanol–water partition coefficient (Wildman–Crippen LogP) is -0.433. The molecule has 0 bridgehead atoms. The van der Waals surface area contributed by atoms with Crippen molar-refractivity contribution in [1.29, 1.82) is 0 Å². The summed E-state index contributed by atoms with van der Waals surface area (Å²) in [7, 11) is 0. The average molecular weight is 214 g/mol. The highest BCUT2D eigenvalue weighted by molar-refractivity contribution is 6.04. The topological polar surface area (TPSA) is 80.3 Å². The van der Waals surface area contributed by atoms with Crippen molar-refractivity contribution in [2.45, 2.75) is 0 Å². The summed E-state index contributed by atoms with van der Waals surface area (Å²) in [5.74, 6) is -2.67. The van der Waals surface area contributed by atoms with Crippen LogP contribution in [0.1, 0.15) is 20.7 Å². The molecular weight excluding hydrogens is 208 g/mol. The largest absolute Gasteiger partial charge is 0.545 e. The van der Waals surface area contributed by atoms with Crippen molar-refractivity contribution in [3.8, 4) is 0 Å². The third kappa shape index (κ3) is 1.61. The summed E-state index contributed by atoms with van der Waals surface area (Å²) in [5, 5.41) is 22.5. The van der Waals surface area contributed by atoms with Crippen LogP contribution in [0.5, 0.6) is 0 Å². The van der Waals surface area contributed by atoms with Gasteiger partial charge in [0.2, 0.25) is 0 Å². The van der Waals surface area contributed by atoms with Crippen LogP contribution < -0.4 is 10.2 Å². The highest BCUT2D eigenvalue weighted by Gasteiger charge is 2.03. The van der Waals surface area contributed by atoms with E-state index in [1.165, 1.54) is 24.3 Å². The first-order chi connectivity index (χ1) is 7.59. The molecule has 0 radical (unpaired) electrons. The normalized spacial score (nSPS) is 10.2. The number of hydrogen-bond acceptors (Lipinski definition) is 4. The molecule has 0 fully saturated rings. The van der Waals surface area contributed by atoms with E-state index in [-0.39, 0.29) is 11.1 Å². The maximum absolute atomic E-state index is 10.8. The number of hydrogen-bond donors (Lipinski definition) is 0. The molecule has 0 aliphatic rings. The Morgan fingerprint density at radius 1 is 0.938 bits per heavy atom. The van der Waals surface area contributed by atoms with Crippen LogP contribution in [-0.2, 0) is 0 Å². The third-order valence-corrected chi connectivity index (χ3v) is 2.34. The van der Waals surface area contributed by atoms with E-state index in [2.05, 4.69) is 0 Å². The van der Waals surface area contributed by atoms with Crippen molar-refractivity contribution in [2.24, 2.45) is 0 Å². The summed E-state index contributed by atoms with van der Waals surface area (Å²) in [6.45, 7) is 0. The molecule has 2 rings (SSSR count). The van der Waals surface area contributed by atoms with E-state index in [4.69, 9.17) is 0 Å². The molecule has 2 aromatic rings. The minimum absolute atomic E-state index is 0.0272. The molecule has 0 aliphatic heterocycles. The molecule has 80 valence electrons. The second-order valence-corrected chi connectivity index (χ2v) is 3.32. The van der Waals surface area contributed by atoms with Crippen LogP contribution in [0.3, 0.4) is 0 Å². The lowest BCUT2D eigenvalue weighted by molar-refractivity contribution is -0.256. The van der Waals surface area contributed by atoms with Gasteiger partial charge in [-0.15, -0.1) is 0 Å². The Labute approximate surface area is 90.8 Å². The van der Waals surface area contributed by atoms with E-state index in [9.17, 15) is 19.8 Å². The Morgan fingerprint density at radius 2 is 1.69 bits per heavy atom. The quantitative estimate of drug-likeness (QED) is 0.679. The molecule has 0 aromatic heterocycles. The number of benzene rings is 2. The molecule has 4 nitrogen and oxygen atoms in total. The van der Waals surface area contributed by atoms with Crippen molar-refractivity contribution in [2.75, 3.05) is 0 Å². The zero-order valence-electron chi connectivity index (χ0n) is 8.10. The van der Waals surface area contributed by atoms with E-state index >= 15 is 0 Å². The predicted molar refractivity (Wildman–Crippen MR) is 52.6 cm³/mol. The van der Waals surface area contributed by atoms with Crippen molar-refractivity contribution in [3.05, 3.63) is 47.5 Å². The average Bonchev–Trinajstić information content (AvgIpc) is 2.27. The van der Waals surface area contributed by atoms with Gasteiger partial charge in [-0.2, -0.15) is 0 Å². The van der Waals surface area contributed by atoms with Gasteiger partial charge in [-0.3, -0.25) is 0 Å². The van der Waals surface area contributed by atoms with Crippen molar-refractivity contribution < 1.29 is 19.8 Å². The molecule has 0 atom stereocenters. The highest BCUT2D eigenvalue weighted by atomic mass is 16.4. The molecule has 16 heavy (non-hydrogen) atoms. The van der Waals surface area contributed by atoms with E-state index < -0.39 is 11.9 Å². The number of rotatable bonds is 2. The van der Waals surface area contributed by atoms with Gasteiger partial charge in [-0.05, 0) is 22.4 Å². The highest BCUT2D eigenvalue weighted by Crippen LogP contribution is 2.19. The van der Waals surface area contributed by atoms with Crippen molar-refractivity contribution >= 4 is 22.7 Å². The standard InChI is InChI=1S/C12H8O4/c13-11(14)8-5-4-7-2-1-3-9(12(15)16)10(7)6-8/h1-6H,(H,13,14)(H,15,16)/p-2. The van der Waals surface area contributed by atoms with Crippen LogP contribution in [0.25, 0.3) is 10.8 Å². The Hall–Kier alpha value is -2.36. The molecular formula is C12H6O4-2.